The van der Waals surface area contributed by atoms with E-state index in [1.54, 1.807) is 0 Å². The van der Waals surface area contributed by atoms with Crippen LogP contribution in [0.5, 0.6) is 0 Å². The fourth-order valence-corrected chi connectivity index (χ4v) is 3.42. The summed E-state index contributed by atoms with van der Waals surface area (Å²) in [4.78, 5) is 25.1. The van der Waals surface area contributed by atoms with Crippen molar-refractivity contribution in [1.29, 1.82) is 0 Å². The van der Waals surface area contributed by atoms with Crippen molar-refractivity contribution in [3.8, 4) is 0 Å². The maximum Gasteiger partial charge on any atom is 0.200 e. The molecular formula is C14H20O4. The van der Waals surface area contributed by atoms with E-state index in [9.17, 15) is 9.59 Å². The van der Waals surface area contributed by atoms with Gasteiger partial charge < -0.3 is 9.47 Å². The SMILES string of the molecule is CC(C)(C)[C@]12O[C@@H]1C(=O)[C@@]1(C(C)(C)C)O[C@@H]1C2=O. The molecule has 4 nitrogen and oxygen atoms in total. The van der Waals surface area contributed by atoms with Crippen LogP contribution >= 0.6 is 0 Å². The number of carbonyl (C=O) groups excluding carboxylic acids is 2. The van der Waals surface area contributed by atoms with Gasteiger partial charge in [0.1, 0.15) is 0 Å². The predicted octanol–water partition coefficient (Wildman–Crippen LogP) is 1.51. The van der Waals surface area contributed by atoms with Crippen molar-refractivity contribution in [2.75, 3.05) is 0 Å². The summed E-state index contributed by atoms with van der Waals surface area (Å²) in [5.41, 5.74) is -2.64. The molecule has 0 radical (unpaired) electrons. The Labute approximate surface area is 107 Å². The number of epoxide rings is 2. The van der Waals surface area contributed by atoms with Crippen LogP contribution in [0.4, 0.5) is 0 Å². The average molecular weight is 252 g/mol. The fraction of sp³-hybridized carbons (Fsp3) is 0.857. The summed E-state index contributed by atoms with van der Waals surface area (Å²) in [5, 5.41) is 0. The zero-order valence-corrected chi connectivity index (χ0v) is 11.8. The Hall–Kier alpha value is -0.740. The van der Waals surface area contributed by atoms with Gasteiger partial charge in [0.05, 0.1) is 0 Å². The molecule has 1 saturated carbocycles. The van der Waals surface area contributed by atoms with Crippen molar-refractivity contribution in [2.45, 2.75) is 65.0 Å². The van der Waals surface area contributed by atoms with E-state index in [0.29, 0.717) is 0 Å². The first kappa shape index (κ1) is 12.3. The van der Waals surface area contributed by atoms with Crippen LogP contribution in [0.3, 0.4) is 0 Å². The first-order chi connectivity index (χ1) is 8.00. The summed E-state index contributed by atoms with van der Waals surface area (Å²) in [6.45, 7) is 11.6. The van der Waals surface area contributed by atoms with Crippen LogP contribution in [-0.2, 0) is 19.1 Å². The molecule has 2 aliphatic heterocycles. The summed E-state index contributed by atoms with van der Waals surface area (Å²) < 4.78 is 11.2. The molecule has 4 atom stereocenters. The fourth-order valence-electron chi connectivity index (χ4n) is 3.42. The van der Waals surface area contributed by atoms with Gasteiger partial charge in [-0.15, -0.1) is 0 Å². The van der Waals surface area contributed by atoms with E-state index in [1.807, 2.05) is 41.5 Å². The molecule has 0 unspecified atom stereocenters. The van der Waals surface area contributed by atoms with Crippen molar-refractivity contribution in [3.63, 3.8) is 0 Å². The van der Waals surface area contributed by atoms with Crippen LogP contribution in [0.1, 0.15) is 41.5 Å². The van der Waals surface area contributed by atoms with Gasteiger partial charge in [-0.3, -0.25) is 9.59 Å². The molecule has 4 heteroatoms. The van der Waals surface area contributed by atoms with Crippen LogP contribution in [0.2, 0.25) is 0 Å². The number of Topliss-reactive ketones (excluding diaryl/α,β-unsaturated/α-hetero) is 2. The average Bonchev–Trinajstić information content (AvgIpc) is 3.04. The molecular weight excluding hydrogens is 232 g/mol. The second-order valence-electron chi connectivity index (χ2n) is 7.70. The lowest BCUT2D eigenvalue weighted by molar-refractivity contribution is -0.133. The minimum Gasteiger partial charge on any atom is -0.349 e. The third-order valence-corrected chi connectivity index (χ3v) is 4.67. The first-order valence-electron chi connectivity index (χ1n) is 6.44. The predicted molar refractivity (Wildman–Crippen MR) is 64.1 cm³/mol. The van der Waals surface area contributed by atoms with Crippen molar-refractivity contribution >= 4 is 11.6 Å². The summed E-state index contributed by atoms with van der Waals surface area (Å²) in [7, 11) is 0. The lowest BCUT2D eigenvalue weighted by atomic mass is 9.63. The number of ether oxygens (including phenoxy) is 2. The first-order valence-corrected chi connectivity index (χ1v) is 6.44. The second-order valence-corrected chi connectivity index (χ2v) is 7.70. The van der Waals surface area contributed by atoms with Gasteiger partial charge in [-0.05, 0) is 0 Å². The van der Waals surface area contributed by atoms with Gasteiger partial charge in [0, 0.05) is 10.8 Å². The molecule has 2 heterocycles. The number of carbonyl (C=O) groups is 2. The zero-order chi connectivity index (χ0) is 13.7. The second kappa shape index (κ2) is 2.73. The van der Waals surface area contributed by atoms with Crippen LogP contribution < -0.4 is 0 Å². The molecule has 0 amide bonds. The van der Waals surface area contributed by atoms with E-state index in [1.165, 1.54) is 0 Å². The lowest BCUT2D eigenvalue weighted by Gasteiger charge is -2.33. The Kier molecular flexibility index (Phi) is 1.86. The normalized spacial score (nSPS) is 46.6. The number of hydrogen-bond donors (Lipinski definition) is 0. The lowest BCUT2D eigenvalue weighted by Crippen LogP contribution is -2.56. The molecule has 0 aromatic carbocycles. The van der Waals surface area contributed by atoms with Crippen LogP contribution in [0.25, 0.3) is 0 Å². The molecule has 3 rings (SSSR count). The number of ketones is 2. The Balaban J connectivity index is 2.04. The summed E-state index contributed by atoms with van der Waals surface area (Å²) in [5.74, 6) is -0.0935. The largest absolute Gasteiger partial charge is 0.349 e. The Morgan fingerprint density at radius 1 is 0.778 bits per heavy atom. The standard InChI is InChI=1S/C14H20O4/c1-11(2,3)13-7(15)10-14(18-10,12(4,5)6)8(16)9(13)17-13/h9-10H,1-6H3/t9-,10-,13-,14-/m1/s1. The minimum absolute atomic E-state index is 0.0467. The topological polar surface area (TPSA) is 59.2 Å². The summed E-state index contributed by atoms with van der Waals surface area (Å²) in [6, 6.07) is 0. The highest BCUT2D eigenvalue weighted by Gasteiger charge is 2.88. The molecule has 0 bridgehead atoms. The Morgan fingerprint density at radius 2 is 1.06 bits per heavy atom. The molecule has 3 fully saturated rings. The number of fused-ring (bicyclic) bond motifs is 2. The van der Waals surface area contributed by atoms with Crippen molar-refractivity contribution < 1.29 is 19.1 Å². The minimum atomic E-state index is -0.944. The van der Waals surface area contributed by atoms with Crippen molar-refractivity contribution in [1.82, 2.24) is 0 Å². The maximum atomic E-state index is 12.6. The number of hydrogen-bond acceptors (Lipinski definition) is 4. The van der Waals surface area contributed by atoms with Gasteiger partial charge in [0.2, 0.25) is 11.6 Å². The molecule has 1 aliphatic carbocycles. The van der Waals surface area contributed by atoms with Gasteiger partial charge >= 0.3 is 0 Å². The van der Waals surface area contributed by atoms with Crippen molar-refractivity contribution in [3.05, 3.63) is 0 Å². The van der Waals surface area contributed by atoms with Gasteiger partial charge in [0.25, 0.3) is 0 Å². The van der Waals surface area contributed by atoms with E-state index in [2.05, 4.69) is 0 Å². The maximum absolute atomic E-state index is 12.6. The van der Waals surface area contributed by atoms with E-state index in [-0.39, 0.29) is 22.4 Å². The van der Waals surface area contributed by atoms with Crippen LogP contribution in [0, 0.1) is 10.8 Å². The highest BCUT2D eigenvalue weighted by molar-refractivity contribution is 6.17. The van der Waals surface area contributed by atoms with Gasteiger partial charge in [-0.25, -0.2) is 0 Å². The Morgan fingerprint density at radius 3 is 1.28 bits per heavy atom. The molecule has 100 valence electrons. The molecule has 18 heavy (non-hydrogen) atoms. The molecule has 0 aromatic heterocycles. The van der Waals surface area contributed by atoms with E-state index in [4.69, 9.17) is 9.47 Å². The molecule has 0 N–H and O–H groups in total. The van der Waals surface area contributed by atoms with Gasteiger partial charge in [0.15, 0.2) is 23.4 Å². The molecule has 0 aromatic rings. The van der Waals surface area contributed by atoms with E-state index in [0.717, 1.165) is 0 Å². The third kappa shape index (κ3) is 1.02. The highest BCUT2D eigenvalue weighted by Crippen LogP contribution is 2.65. The molecule has 3 aliphatic rings. The summed E-state index contributed by atoms with van der Waals surface area (Å²) >= 11 is 0. The zero-order valence-electron chi connectivity index (χ0n) is 11.8. The highest BCUT2D eigenvalue weighted by atomic mass is 16.7. The van der Waals surface area contributed by atoms with Crippen LogP contribution in [-0.4, -0.2) is 35.0 Å². The van der Waals surface area contributed by atoms with Gasteiger partial charge in [-0.2, -0.15) is 0 Å². The van der Waals surface area contributed by atoms with Crippen molar-refractivity contribution in [2.24, 2.45) is 10.8 Å². The molecule has 2 saturated heterocycles. The molecule has 0 spiro atoms. The monoisotopic (exact) mass is 252 g/mol. The quantitative estimate of drug-likeness (QED) is 0.613. The smallest absolute Gasteiger partial charge is 0.200 e. The van der Waals surface area contributed by atoms with Crippen LogP contribution in [0.15, 0.2) is 0 Å². The third-order valence-electron chi connectivity index (χ3n) is 4.67. The van der Waals surface area contributed by atoms with Gasteiger partial charge in [-0.1, -0.05) is 41.5 Å². The van der Waals surface area contributed by atoms with E-state index >= 15 is 0 Å². The summed E-state index contributed by atoms with van der Waals surface area (Å²) in [6.07, 6.45) is -1.22. The number of rotatable bonds is 0. The van der Waals surface area contributed by atoms with E-state index < -0.39 is 23.4 Å². The Bertz CT molecular complexity index is 423.